The van der Waals surface area contributed by atoms with E-state index in [2.05, 4.69) is 12.6 Å². The lowest BCUT2D eigenvalue weighted by molar-refractivity contribution is 0.575. The second-order valence-corrected chi connectivity index (χ2v) is 1.22. The van der Waals surface area contributed by atoms with E-state index < -0.39 is 11.0 Å². The molecule has 0 rings (SSSR count). The topological polar surface area (TPSA) is 0 Å². The van der Waals surface area contributed by atoms with Gasteiger partial charge in [0.1, 0.15) is 5.83 Å². The van der Waals surface area contributed by atoms with Crippen molar-refractivity contribution in [2.45, 2.75) is 6.92 Å². The van der Waals surface area contributed by atoms with Gasteiger partial charge in [-0.2, -0.15) is 4.39 Å². The number of halogens is 2. The molecule has 0 aromatic carbocycles. The normalized spacial score (nSPS) is 14.0. The summed E-state index contributed by atoms with van der Waals surface area (Å²) in [5.74, 6) is -0.877. The molecule has 0 aliphatic carbocycles. The van der Waals surface area contributed by atoms with E-state index in [4.69, 9.17) is 0 Å². The van der Waals surface area contributed by atoms with Crippen molar-refractivity contribution in [3.8, 4) is 0 Å². The predicted octanol–water partition coefficient (Wildman–Crippen LogP) is 2.04. The molecule has 0 aliphatic heterocycles. The fourth-order valence-electron chi connectivity index (χ4n) is 0. The molecule has 6 heavy (non-hydrogen) atoms. The van der Waals surface area contributed by atoms with Crippen molar-refractivity contribution >= 4 is 12.6 Å². The Morgan fingerprint density at radius 2 is 1.67 bits per heavy atom. The highest BCUT2D eigenvalue weighted by Crippen LogP contribution is 2.08. The highest BCUT2D eigenvalue weighted by Gasteiger charge is 1.87. The molecule has 0 N–H and O–H groups in total. The lowest BCUT2D eigenvalue weighted by Crippen LogP contribution is -1.57. The quantitative estimate of drug-likeness (QED) is 0.453. The molecule has 0 saturated carbocycles. The molecule has 0 aromatic heterocycles. The second kappa shape index (κ2) is 2.18. The van der Waals surface area contributed by atoms with Crippen molar-refractivity contribution < 1.29 is 8.78 Å². The van der Waals surface area contributed by atoms with Crippen molar-refractivity contribution in [3.63, 3.8) is 0 Å². The standard InChI is InChI=1S/C3H4F2S/c1-2(4)3(5)6/h6H,1H3/b3-2-. The minimum absolute atomic E-state index is 0.877. The van der Waals surface area contributed by atoms with Gasteiger partial charge < -0.3 is 0 Å². The second-order valence-electron chi connectivity index (χ2n) is 0.824. The van der Waals surface area contributed by atoms with Gasteiger partial charge in [0, 0.05) is 0 Å². The summed E-state index contributed by atoms with van der Waals surface area (Å²) in [6.07, 6.45) is 0. The van der Waals surface area contributed by atoms with Crippen LogP contribution in [0.4, 0.5) is 8.78 Å². The summed E-state index contributed by atoms with van der Waals surface area (Å²) in [5.41, 5.74) is 0. The summed E-state index contributed by atoms with van der Waals surface area (Å²) in [5, 5.41) is -1.05. The minimum Gasteiger partial charge on any atom is -0.208 e. The number of rotatable bonds is 0. The monoisotopic (exact) mass is 110 g/mol. The Morgan fingerprint density at radius 3 is 1.67 bits per heavy atom. The molecule has 0 heterocycles. The number of hydrogen-bond acceptors (Lipinski definition) is 1. The van der Waals surface area contributed by atoms with E-state index in [1.54, 1.807) is 0 Å². The van der Waals surface area contributed by atoms with E-state index in [1.807, 2.05) is 0 Å². The third-order valence-electron chi connectivity index (χ3n) is 0.284. The molecule has 0 bridgehead atoms. The highest BCUT2D eigenvalue weighted by molar-refractivity contribution is 7.84. The van der Waals surface area contributed by atoms with Gasteiger partial charge in [-0.05, 0) is 6.92 Å². The van der Waals surface area contributed by atoms with Crippen molar-refractivity contribution in [2.24, 2.45) is 0 Å². The Morgan fingerprint density at radius 1 is 1.50 bits per heavy atom. The molecular formula is C3H4F2S. The van der Waals surface area contributed by atoms with Crippen LogP contribution < -0.4 is 0 Å². The molecule has 0 nitrogen and oxygen atoms in total. The summed E-state index contributed by atoms with van der Waals surface area (Å²) < 4.78 is 22.4. The summed E-state index contributed by atoms with van der Waals surface area (Å²) in [6, 6.07) is 0. The number of thiol groups is 1. The van der Waals surface area contributed by atoms with E-state index >= 15 is 0 Å². The van der Waals surface area contributed by atoms with Crippen molar-refractivity contribution in [2.75, 3.05) is 0 Å². The van der Waals surface area contributed by atoms with Crippen LogP contribution in [-0.4, -0.2) is 0 Å². The Labute approximate surface area is 40.3 Å². The number of hydrogen-bond donors (Lipinski definition) is 1. The predicted molar refractivity (Wildman–Crippen MR) is 23.9 cm³/mol. The Hall–Kier alpha value is -0.0500. The zero-order chi connectivity index (χ0) is 5.15. The lowest BCUT2D eigenvalue weighted by Gasteiger charge is -1.77. The maximum absolute atomic E-state index is 11.3. The van der Waals surface area contributed by atoms with Gasteiger partial charge in [-0.15, -0.1) is 12.6 Å². The van der Waals surface area contributed by atoms with Crippen molar-refractivity contribution in [3.05, 3.63) is 11.0 Å². The first kappa shape index (κ1) is 5.95. The molecule has 36 valence electrons. The van der Waals surface area contributed by atoms with Crippen LogP contribution in [0.1, 0.15) is 6.92 Å². The molecule has 0 atom stereocenters. The van der Waals surface area contributed by atoms with Crippen LogP contribution in [-0.2, 0) is 0 Å². The largest absolute Gasteiger partial charge is 0.208 e. The molecule has 0 fully saturated rings. The van der Waals surface area contributed by atoms with Gasteiger partial charge in [0.05, 0.1) is 0 Å². The molecule has 0 aliphatic rings. The highest BCUT2D eigenvalue weighted by atomic mass is 32.1. The molecule has 0 amide bonds. The maximum atomic E-state index is 11.3. The zero-order valence-electron chi connectivity index (χ0n) is 3.20. The summed E-state index contributed by atoms with van der Waals surface area (Å²) in [7, 11) is 0. The Balaban J connectivity index is 3.68. The summed E-state index contributed by atoms with van der Waals surface area (Å²) >= 11 is 3.03. The third kappa shape index (κ3) is 2.20. The van der Waals surface area contributed by atoms with Crippen LogP contribution in [0.15, 0.2) is 11.0 Å². The van der Waals surface area contributed by atoms with Gasteiger partial charge >= 0.3 is 0 Å². The number of allylic oxidation sites excluding steroid dienone is 1. The maximum Gasteiger partial charge on any atom is 0.184 e. The molecule has 0 spiro atoms. The first-order valence-corrected chi connectivity index (χ1v) is 1.80. The summed E-state index contributed by atoms with van der Waals surface area (Å²) in [4.78, 5) is 0. The fourth-order valence-corrected chi connectivity index (χ4v) is 0. The average molecular weight is 110 g/mol. The first-order chi connectivity index (χ1) is 2.64. The van der Waals surface area contributed by atoms with E-state index in [-0.39, 0.29) is 0 Å². The molecule has 3 heteroatoms. The van der Waals surface area contributed by atoms with Crippen LogP contribution in [0.25, 0.3) is 0 Å². The minimum atomic E-state index is -1.05. The molecule has 0 saturated heterocycles. The smallest absolute Gasteiger partial charge is 0.184 e. The van der Waals surface area contributed by atoms with E-state index in [0.29, 0.717) is 0 Å². The van der Waals surface area contributed by atoms with Gasteiger partial charge in [0.25, 0.3) is 0 Å². The summed E-state index contributed by atoms with van der Waals surface area (Å²) in [6.45, 7) is 1.00. The van der Waals surface area contributed by atoms with E-state index in [9.17, 15) is 8.78 Å². The van der Waals surface area contributed by atoms with Crippen LogP contribution >= 0.6 is 12.6 Å². The van der Waals surface area contributed by atoms with Crippen LogP contribution in [0, 0.1) is 0 Å². The Bertz CT molecular complexity index is 58.9. The molecule has 0 unspecified atom stereocenters. The molecule has 0 aromatic rings. The van der Waals surface area contributed by atoms with E-state index in [1.165, 1.54) is 0 Å². The van der Waals surface area contributed by atoms with Gasteiger partial charge in [-0.1, -0.05) is 0 Å². The van der Waals surface area contributed by atoms with E-state index in [0.717, 1.165) is 6.92 Å². The average Bonchev–Trinajstić information content (AvgIpc) is 1.36. The van der Waals surface area contributed by atoms with Gasteiger partial charge in [-0.3, -0.25) is 0 Å². The SMILES string of the molecule is C/C(F)=C(\F)S. The van der Waals surface area contributed by atoms with Gasteiger partial charge in [0.2, 0.25) is 0 Å². The first-order valence-electron chi connectivity index (χ1n) is 1.35. The Kier molecular flexibility index (Phi) is 2.16. The van der Waals surface area contributed by atoms with Crippen molar-refractivity contribution in [1.29, 1.82) is 0 Å². The molecule has 0 radical (unpaired) electrons. The zero-order valence-corrected chi connectivity index (χ0v) is 4.10. The fraction of sp³-hybridized carbons (Fsp3) is 0.333. The molecular weight excluding hydrogens is 106 g/mol. The third-order valence-corrected chi connectivity index (χ3v) is 0.592. The lowest BCUT2D eigenvalue weighted by atomic mass is 10.7. The van der Waals surface area contributed by atoms with Gasteiger partial charge in [0.15, 0.2) is 5.16 Å². The van der Waals surface area contributed by atoms with Crippen LogP contribution in [0.2, 0.25) is 0 Å². The van der Waals surface area contributed by atoms with Crippen molar-refractivity contribution in [1.82, 2.24) is 0 Å². The van der Waals surface area contributed by atoms with Gasteiger partial charge in [-0.25, -0.2) is 4.39 Å². The van der Waals surface area contributed by atoms with Crippen LogP contribution in [0.5, 0.6) is 0 Å². The van der Waals surface area contributed by atoms with Crippen LogP contribution in [0.3, 0.4) is 0 Å².